The molecular formula is C9H12ClNOS. The molecular weight excluding hydrogens is 206 g/mol. The summed E-state index contributed by atoms with van der Waals surface area (Å²) in [7, 11) is 0. The molecule has 0 aliphatic carbocycles. The van der Waals surface area contributed by atoms with Crippen LogP contribution in [-0.2, 0) is 0 Å². The van der Waals surface area contributed by atoms with E-state index in [4.69, 9.17) is 11.6 Å². The number of carbonyl (C=O) groups is 1. The lowest BCUT2D eigenvalue weighted by molar-refractivity contribution is 0.0954. The minimum Gasteiger partial charge on any atom is -0.352 e. The average molecular weight is 218 g/mol. The second-order valence-electron chi connectivity index (χ2n) is 2.72. The molecule has 2 nitrogen and oxygen atoms in total. The molecule has 72 valence electrons. The minimum absolute atomic E-state index is 0.0697. The van der Waals surface area contributed by atoms with Gasteiger partial charge < -0.3 is 5.32 Å². The van der Waals surface area contributed by atoms with Crippen molar-refractivity contribution in [2.75, 3.05) is 6.54 Å². The number of amides is 1. The second-order valence-corrected chi connectivity index (χ2v) is 4.24. The fraction of sp³-hybridized carbons (Fsp3) is 0.444. The molecule has 13 heavy (non-hydrogen) atoms. The third-order valence-corrected chi connectivity index (χ3v) is 2.85. The van der Waals surface area contributed by atoms with E-state index in [0.29, 0.717) is 9.90 Å². The fourth-order valence-electron chi connectivity index (χ4n) is 0.930. The molecule has 0 spiro atoms. The van der Waals surface area contributed by atoms with E-state index >= 15 is 0 Å². The lowest BCUT2D eigenvalue weighted by Gasteiger charge is -2.01. The number of unbranched alkanes of at least 4 members (excludes halogenated alkanes) is 1. The molecule has 1 N–H and O–H groups in total. The molecule has 1 heterocycles. The van der Waals surface area contributed by atoms with Crippen LogP contribution in [0.15, 0.2) is 11.4 Å². The Hall–Kier alpha value is -0.540. The van der Waals surface area contributed by atoms with Crippen molar-refractivity contribution in [2.24, 2.45) is 0 Å². The summed E-state index contributed by atoms with van der Waals surface area (Å²) in [6.07, 6.45) is 2.09. The molecule has 0 saturated heterocycles. The summed E-state index contributed by atoms with van der Waals surface area (Å²) in [6.45, 7) is 2.81. The molecule has 0 aliphatic heterocycles. The van der Waals surface area contributed by atoms with Crippen LogP contribution in [0.25, 0.3) is 0 Å². The molecule has 0 radical (unpaired) electrons. The minimum atomic E-state index is -0.0697. The second kappa shape index (κ2) is 5.25. The van der Waals surface area contributed by atoms with Crippen LogP contribution in [0.1, 0.15) is 30.1 Å². The third kappa shape index (κ3) is 3.01. The maximum absolute atomic E-state index is 11.4. The Kier molecular flexibility index (Phi) is 4.25. The van der Waals surface area contributed by atoms with E-state index in [1.54, 1.807) is 6.07 Å². The topological polar surface area (TPSA) is 29.1 Å². The third-order valence-electron chi connectivity index (χ3n) is 1.68. The predicted molar refractivity (Wildman–Crippen MR) is 56.6 cm³/mol. The van der Waals surface area contributed by atoms with Crippen molar-refractivity contribution in [1.29, 1.82) is 0 Å². The van der Waals surface area contributed by atoms with Crippen LogP contribution in [0.3, 0.4) is 0 Å². The molecule has 0 aromatic carbocycles. The molecule has 0 unspecified atom stereocenters. The van der Waals surface area contributed by atoms with Crippen molar-refractivity contribution >= 4 is 28.8 Å². The zero-order valence-electron chi connectivity index (χ0n) is 7.47. The Balaban J connectivity index is 2.45. The average Bonchev–Trinajstić information content (AvgIpc) is 2.52. The highest BCUT2D eigenvalue weighted by Crippen LogP contribution is 2.22. The normalized spacial score (nSPS) is 10.0. The SMILES string of the molecule is CCCCNC(=O)c1ccsc1Cl. The van der Waals surface area contributed by atoms with Crippen molar-refractivity contribution < 1.29 is 4.79 Å². The van der Waals surface area contributed by atoms with Gasteiger partial charge in [0.25, 0.3) is 5.91 Å². The number of thiophene rings is 1. The zero-order chi connectivity index (χ0) is 9.68. The molecule has 0 saturated carbocycles. The van der Waals surface area contributed by atoms with Gasteiger partial charge in [0.15, 0.2) is 0 Å². The van der Waals surface area contributed by atoms with Gasteiger partial charge in [-0.3, -0.25) is 4.79 Å². The van der Waals surface area contributed by atoms with Gasteiger partial charge in [0.05, 0.1) is 5.56 Å². The van der Waals surface area contributed by atoms with Gasteiger partial charge in [-0.2, -0.15) is 0 Å². The van der Waals surface area contributed by atoms with Crippen molar-refractivity contribution in [3.63, 3.8) is 0 Å². The number of hydrogen-bond donors (Lipinski definition) is 1. The van der Waals surface area contributed by atoms with Crippen molar-refractivity contribution in [3.8, 4) is 0 Å². The van der Waals surface area contributed by atoms with E-state index in [0.717, 1.165) is 19.4 Å². The number of hydrogen-bond acceptors (Lipinski definition) is 2. The standard InChI is InChI=1S/C9H12ClNOS/c1-2-3-5-11-9(12)7-4-6-13-8(7)10/h4,6H,2-3,5H2,1H3,(H,11,12). The number of carbonyl (C=O) groups excluding carboxylic acids is 1. The first-order chi connectivity index (χ1) is 6.25. The molecule has 1 amide bonds. The number of rotatable bonds is 4. The van der Waals surface area contributed by atoms with Crippen LogP contribution in [0.4, 0.5) is 0 Å². The highest BCUT2D eigenvalue weighted by Gasteiger charge is 2.09. The van der Waals surface area contributed by atoms with Crippen LogP contribution < -0.4 is 5.32 Å². The predicted octanol–water partition coefficient (Wildman–Crippen LogP) is 2.93. The van der Waals surface area contributed by atoms with E-state index in [9.17, 15) is 4.79 Å². The number of nitrogens with one attached hydrogen (secondary N) is 1. The van der Waals surface area contributed by atoms with Gasteiger partial charge in [-0.25, -0.2) is 0 Å². The maximum atomic E-state index is 11.4. The summed E-state index contributed by atoms with van der Waals surface area (Å²) in [5, 5.41) is 4.63. The Bertz CT molecular complexity index is 285. The largest absolute Gasteiger partial charge is 0.352 e. The molecule has 1 aromatic heterocycles. The van der Waals surface area contributed by atoms with Crippen LogP contribution in [0.5, 0.6) is 0 Å². The van der Waals surface area contributed by atoms with Crippen molar-refractivity contribution in [3.05, 3.63) is 21.3 Å². The van der Waals surface area contributed by atoms with E-state index in [1.165, 1.54) is 11.3 Å². The Morgan fingerprint density at radius 2 is 2.46 bits per heavy atom. The first-order valence-corrected chi connectivity index (χ1v) is 5.52. The van der Waals surface area contributed by atoms with Gasteiger partial charge in [0.2, 0.25) is 0 Å². The van der Waals surface area contributed by atoms with E-state index in [1.807, 2.05) is 5.38 Å². The molecule has 0 aliphatic rings. The summed E-state index contributed by atoms with van der Waals surface area (Å²) in [5.74, 6) is -0.0697. The summed E-state index contributed by atoms with van der Waals surface area (Å²) in [4.78, 5) is 11.4. The van der Waals surface area contributed by atoms with E-state index in [2.05, 4.69) is 12.2 Å². The smallest absolute Gasteiger partial charge is 0.253 e. The summed E-state index contributed by atoms with van der Waals surface area (Å²) in [6, 6.07) is 1.74. The quantitative estimate of drug-likeness (QED) is 0.772. The van der Waals surface area contributed by atoms with Crippen molar-refractivity contribution in [1.82, 2.24) is 5.32 Å². The van der Waals surface area contributed by atoms with Gasteiger partial charge in [-0.15, -0.1) is 11.3 Å². The summed E-state index contributed by atoms with van der Waals surface area (Å²) < 4.78 is 0.564. The van der Waals surface area contributed by atoms with Crippen molar-refractivity contribution in [2.45, 2.75) is 19.8 Å². The molecule has 4 heteroatoms. The van der Waals surface area contributed by atoms with E-state index in [-0.39, 0.29) is 5.91 Å². The summed E-state index contributed by atoms with van der Waals surface area (Å²) in [5.41, 5.74) is 0.586. The van der Waals surface area contributed by atoms with Crippen LogP contribution in [0.2, 0.25) is 4.34 Å². The molecule has 0 bridgehead atoms. The molecule has 1 rings (SSSR count). The maximum Gasteiger partial charge on any atom is 0.253 e. The highest BCUT2D eigenvalue weighted by atomic mass is 35.5. The first-order valence-electron chi connectivity index (χ1n) is 4.27. The monoisotopic (exact) mass is 217 g/mol. The zero-order valence-corrected chi connectivity index (χ0v) is 9.04. The Morgan fingerprint density at radius 1 is 1.69 bits per heavy atom. The van der Waals surface area contributed by atoms with Crippen LogP contribution >= 0.6 is 22.9 Å². The number of halogens is 1. The first kappa shape index (κ1) is 10.5. The Labute approximate surface area is 86.9 Å². The van der Waals surface area contributed by atoms with Gasteiger partial charge in [0, 0.05) is 6.54 Å². The molecule has 0 atom stereocenters. The van der Waals surface area contributed by atoms with Gasteiger partial charge in [0.1, 0.15) is 4.34 Å². The van der Waals surface area contributed by atoms with Crippen LogP contribution in [-0.4, -0.2) is 12.5 Å². The van der Waals surface area contributed by atoms with Gasteiger partial charge in [-0.1, -0.05) is 24.9 Å². The van der Waals surface area contributed by atoms with Crippen LogP contribution in [0, 0.1) is 0 Å². The molecule has 0 fully saturated rings. The molecule has 1 aromatic rings. The lowest BCUT2D eigenvalue weighted by atomic mass is 10.3. The fourth-order valence-corrected chi connectivity index (χ4v) is 1.84. The van der Waals surface area contributed by atoms with Gasteiger partial charge in [-0.05, 0) is 17.9 Å². The lowest BCUT2D eigenvalue weighted by Crippen LogP contribution is -2.23. The summed E-state index contributed by atoms with van der Waals surface area (Å²) >= 11 is 7.18. The Morgan fingerprint density at radius 3 is 3.00 bits per heavy atom. The van der Waals surface area contributed by atoms with Gasteiger partial charge >= 0.3 is 0 Å². The highest BCUT2D eigenvalue weighted by molar-refractivity contribution is 7.14. The van der Waals surface area contributed by atoms with E-state index < -0.39 is 0 Å².